The van der Waals surface area contributed by atoms with E-state index in [0.29, 0.717) is 16.8 Å². The van der Waals surface area contributed by atoms with Gasteiger partial charge in [-0.1, -0.05) is 30.3 Å². The molecule has 5 heteroatoms. The van der Waals surface area contributed by atoms with Crippen molar-refractivity contribution >= 4 is 34.0 Å². The van der Waals surface area contributed by atoms with Crippen LogP contribution in [0.1, 0.15) is 20.7 Å². The fourth-order valence-electron chi connectivity index (χ4n) is 4.42. The van der Waals surface area contributed by atoms with Crippen LogP contribution in [0.15, 0.2) is 60.7 Å². The molecule has 146 valence electrons. The van der Waals surface area contributed by atoms with E-state index >= 15 is 0 Å². The Morgan fingerprint density at radius 1 is 0.759 bits per heavy atom. The molecular formula is C24H24N3O2+. The van der Waals surface area contributed by atoms with Crippen molar-refractivity contribution in [1.82, 2.24) is 0 Å². The Morgan fingerprint density at radius 2 is 1.41 bits per heavy atom. The van der Waals surface area contributed by atoms with Crippen LogP contribution in [0.3, 0.4) is 0 Å². The number of anilines is 2. The van der Waals surface area contributed by atoms with E-state index < -0.39 is 0 Å². The van der Waals surface area contributed by atoms with Gasteiger partial charge < -0.3 is 9.38 Å². The summed E-state index contributed by atoms with van der Waals surface area (Å²) in [7, 11) is 4.51. The van der Waals surface area contributed by atoms with E-state index in [1.54, 1.807) is 12.1 Å². The van der Waals surface area contributed by atoms with Gasteiger partial charge in [0.25, 0.3) is 11.8 Å². The largest absolute Gasteiger partial charge is 0.360 e. The van der Waals surface area contributed by atoms with Gasteiger partial charge in [-0.2, -0.15) is 0 Å². The summed E-state index contributed by atoms with van der Waals surface area (Å²) in [5.74, 6) is -0.513. The molecule has 5 rings (SSSR count). The van der Waals surface area contributed by atoms with Gasteiger partial charge in [-0.3, -0.25) is 9.59 Å². The first kappa shape index (κ1) is 17.9. The van der Waals surface area contributed by atoms with E-state index in [2.05, 4.69) is 19.0 Å². The van der Waals surface area contributed by atoms with Gasteiger partial charge in [0.1, 0.15) is 0 Å². The zero-order valence-electron chi connectivity index (χ0n) is 16.8. The SMILES string of the molecule is C[N+]1(C)CCN(c2ccc3c4c(cccc24)C(=O)N(c2ccccc2)C3=O)CC1. The molecular weight excluding hydrogens is 362 g/mol. The maximum Gasteiger partial charge on any atom is 0.265 e. The number of nitrogens with zero attached hydrogens (tertiary/aromatic N) is 3. The van der Waals surface area contributed by atoms with E-state index in [4.69, 9.17) is 0 Å². The van der Waals surface area contributed by atoms with Crippen LogP contribution in [0.2, 0.25) is 0 Å². The molecule has 0 spiro atoms. The van der Waals surface area contributed by atoms with E-state index in [1.165, 1.54) is 4.90 Å². The number of hydrogen-bond acceptors (Lipinski definition) is 3. The number of quaternary nitrogens is 1. The highest BCUT2D eigenvalue weighted by Gasteiger charge is 2.35. The van der Waals surface area contributed by atoms with Crippen molar-refractivity contribution in [2.24, 2.45) is 0 Å². The third-order valence-electron chi connectivity index (χ3n) is 6.19. The minimum absolute atomic E-state index is 0.257. The monoisotopic (exact) mass is 386 g/mol. The van der Waals surface area contributed by atoms with Crippen LogP contribution < -0.4 is 9.80 Å². The maximum absolute atomic E-state index is 13.3. The van der Waals surface area contributed by atoms with E-state index in [0.717, 1.165) is 47.1 Å². The first-order chi connectivity index (χ1) is 14.0. The van der Waals surface area contributed by atoms with Crippen molar-refractivity contribution in [2.75, 3.05) is 50.1 Å². The molecule has 0 aromatic heterocycles. The second kappa shape index (κ2) is 6.42. The molecule has 0 aliphatic carbocycles. The molecule has 0 unspecified atom stereocenters. The van der Waals surface area contributed by atoms with Gasteiger partial charge in [0.05, 0.1) is 46.0 Å². The molecule has 2 amide bonds. The normalized spacial score (nSPS) is 18.4. The van der Waals surface area contributed by atoms with Crippen molar-refractivity contribution in [1.29, 1.82) is 0 Å². The second-order valence-corrected chi connectivity index (χ2v) is 8.51. The first-order valence-electron chi connectivity index (χ1n) is 10.0. The standard InChI is InChI=1S/C24H24N3O2/c1-27(2)15-13-25(14-16-27)21-12-11-20-22-18(21)9-6-10-19(22)23(28)26(24(20)29)17-7-4-3-5-8-17/h3-12H,13-16H2,1-2H3/q+1. The lowest BCUT2D eigenvalue weighted by Gasteiger charge is -2.40. The average Bonchev–Trinajstić information content (AvgIpc) is 2.73. The minimum atomic E-state index is -0.257. The Bertz CT molecular complexity index is 1110. The molecule has 0 radical (unpaired) electrons. The van der Waals surface area contributed by atoms with Gasteiger partial charge in [0.2, 0.25) is 0 Å². The van der Waals surface area contributed by atoms with Gasteiger partial charge in [-0.15, -0.1) is 0 Å². The average molecular weight is 386 g/mol. The molecule has 2 aliphatic heterocycles. The number of amides is 2. The fourth-order valence-corrected chi connectivity index (χ4v) is 4.42. The van der Waals surface area contributed by atoms with Crippen LogP contribution in [-0.2, 0) is 0 Å². The summed E-state index contributed by atoms with van der Waals surface area (Å²) in [6.45, 7) is 4.07. The minimum Gasteiger partial charge on any atom is -0.360 e. The summed E-state index contributed by atoms with van der Waals surface area (Å²) in [4.78, 5) is 30.2. The number of hydrogen-bond donors (Lipinski definition) is 0. The summed E-state index contributed by atoms with van der Waals surface area (Å²) in [5, 5.41) is 1.77. The Hall–Kier alpha value is -3.18. The van der Waals surface area contributed by atoms with Gasteiger partial charge in [-0.25, -0.2) is 4.90 Å². The molecule has 0 saturated carbocycles. The summed E-state index contributed by atoms with van der Waals surface area (Å²) >= 11 is 0. The van der Waals surface area contributed by atoms with Gasteiger partial charge in [0, 0.05) is 27.6 Å². The molecule has 2 aliphatic rings. The highest BCUT2D eigenvalue weighted by Crippen LogP contribution is 2.37. The number of imide groups is 1. The number of piperazine rings is 1. The number of para-hydroxylation sites is 1. The number of rotatable bonds is 2. The molecule has 1 saturated heterocycles. The second-order valence-electron chi connectivity index (χ2n) is 8.51. The lowest BCUT2D eigenvalue weighted by Crippen LogP contribution is -2.55. The van der Waals surface area contributed by atoms with Crippen LogP contribution >= 0.6 is 0 Å². The highest BCUT2D eigenvalue weighted by atomic mass is 16.2. The highest BCUT2D eigenvalue weighted by molar-refractivity contribution is 6.36. The summed E-state index contributed by atoms with van der Waals surface area (Å²) in [5.41, 5.74) is 2.90. The predicted octanol–water partition coefficient (Wildman–Crippen LogP) is 3.54. The topological polar surface area (TPSA) is 40.6 Å². The van der Waals surface area contributed by atoms with Crippen molar-refractivity contribution in [3.8, 4) is 0 Å². The van der Waals surface area contributed by atoms with E-state index in [1.807, 2.05) is 48.5 Å². The Balaban J connectivity index is 1.63. The Kier molecular flexibility index (Phi) is 3.96. The Morgan fingerprint density at radius 3 is 2.10 bits per heavy atom. The number of likely N-dealkylation sites (N-methyl/N-ethyl adjacent to an activating group) is 1. The van der Waals surface area contributed by atoms with Crippen LogP contribution in [0.25, 0.3) is 10.8 Å². The van der Waals surface area contributed by atoms with Crippen molar-refractivity contribution in [3.63, 3.8) is 0 Å². The third kappa shape index (κ3) is 2.81. The molecule has 1 fully saturated rings. The van der Waals surface area contributed by atoms with Crippen LogP contribution in [0, 0.1) is 0 Å². The summed E-state index contributed by atoms with van der Waals surface area (Å²) in [6, 6.07) is 18.9. The molecule has 3 aromatic carbocycles. The summed E-state index contributed by atoms with van der Waals surface area (Å²) in [6.07, 6.45) is 0. The van der Waals surface area contributed by atoms with E-state index in [9.17, 15) is 9.59 Å². The van der Waals surface area contributed by atoms with Crippen molar-refractivity contribution in [2.45, 2.75) is 0 Å². The number of carbonyl (C=O) groups is 2. The summed E-state index contributed by atoms with van der Waals surface area (Å²) < 4.78 is 1.01. The molecule has 2 heterocycles. The van der Waals surface area contributed by atoms with Crippen molar-refractivity contribution in [3.05, 3.63) is 71.8 Å². The van der Waals surface area contributed by atoms with Gasteiger partial charge >= 0.3 is 0 Å². The zero-order valence-corrected chi connectivity index (χ0v) is 16.8. The first-order valence-corrected chi connectivity index (χ1v) is 10.0. The predicted molar refractivity (Wildman–Crippen MR) is 116 cm³/mol. The molecule has 0 bridgehead atoms. The number of benzene rings is 3. The molecule has 0 atom stereocenters. The molecule has 29 heavy (non-hydrogen) atoms. The van der Waals surface area contributed by atoms with Gasteiger partial charge in [-0.05, 0) is 30.3 Å². The fraction of sp³-hybridized carbons (Fsp3) is 0.250. The molecule has 3 aromatic rings. The molecule has 0 N–H and O–H groups in total. The van der Waals surface area contributed by atoms with Gasteiger partial charge in [0.15, 0.2) is 0 Å². The maximum atomic E-state index is 13.3. The van der Waals surface area contributed by atoms with Crippen LogP contribution in [0.4, 0.5) is 11.4 Å². The van der Waals surface area contributed by atoms with E-state index in [-0.39, 0.29) is 11.8 Å². The van der Waals surface area contributed by atoms with Crippen LogP contribution in [0.5, 0.6) is 0 Å². The zero-order chi connectivity index (χ0) is 20.2. The number of carbonyl (C=O) groups excluding carboxylic acids is 2. The molecule has 5 nitrogen and oxygen atoms in total. The third-order valence-corrected chi connectivity index (χ3v) is 6.19. The smallest absolute Gasteiger partial charge is 0.265 e. The lowest BCUT2D eigenvalue weighted by atomic mass is 9.92. The quantitative estimate of drug-likeness (QED) is 0.500. The van der Waals surface area contributed by atoms with Crippen LogP contribution in [-0.4, -0.2) is 56.6 Å². The Labute approximate surface area is 170 Å². The van der Waals surface area contributed by atoms with Crippen molar-refractivity contribution < 1.29 is 14.1 Å². The lowest BCUT2D eigenvalue weighted by molar-refractivity contribution is -0.890.